The van der Waals surface area contributed by atoms with Crippen molar-refractivity contribution in [1.82, 2.24) is 10.2 Å². The molecule has 0 saturated heterocycles. The molecule has 1 atom stereocenters. The van der Waals surface area contributed by atoms with Crippen LogP contribution in [0.25, 0.3) is 0 Å². The first-order valence-corrected chi connectivity index (χ1v) is 12.1. The van der Waals surface area contributed by atoms with Crippen LogP contribution in [0, 0.1) is 0 Å². The van der Waals surface area contributed by atoms with Crippen molar-refractivity contribution in [3.8, 4) is 0 Å². The molecular weight excluding hydrogens is 348 g/mol. The van der Waals surface area contributed by atoms with Crippen LogP contribution in [0.5, 0.6) is 0 Å². The Kier molecular flexibility index (Phi) is 18.1. The van der Waals surface area contributed by atoms with Gasteiger partial charge in [0.2, 0.25) is 5.91 Å². The van der Waals surface area contributed by atoms with E-state index >= 15 is 0 Å². The number of carbonyl (C=O) groups excluding carboxylic acids is 1. The molecule has 0 aliphatic heterocycles. The fourth-order valence-electron chi connectivity index (χ4n) is 2.28. The van der Waals surface area contributed by atoms with Crippen LogP contribution in [-0.4, -0.2) is 49.0 Å². The van der Waals surface area contributed by atoms with E-state index in [-0.39, 0.29) is 11.9 Å². The summed E-state index contributed by atoms with van der Waals surface area (Å²) >= 11 is 0. The summed E-state index contributed by atoms with van der Waals surface area (Å²) in [6.45, 7) is 5.20. The molecule has 0 aromatic heterocycles. The summed E-state index contributed by atoms with van der Waals surface area (Å²) in [5, 5.41) is 3.21. The van der Waals surface area contributed by atoms with Gasteiger partial charge in [0.15, 0.2) is 0 Å². The molecule has 0 fully saturated rings. The summed E-state index contributed by atoms with van der Waals surface area (Å²) in [6, 6.07) is 0.228. The van der Waals surface area contributed by atoms with Gasteiger partial charge in [-0.25, -0.2) is 0 Å². The zero-order chi connectivity index (χ0) is 18.8. The normalized spacial score (nSPS) is 13.2. The lowest BCUT2D eigenvalue weighted by Crippen LogP contribution is -2.43. The van der Waals surface area contributed by atoms with Crippen molar-refractivity contribution in [1.29, 1.82) is 0 Å². The SMILES string of the molecule is CC/C=C\CCCSSCC(CN(C)C)NC(=O)CCC/C=C\CC. The van der Waals surface area contributed by atoms with E-state index in [1.54, 1.807) is 0 Å². The predicted molar refractivity (Wildman–Crippen MR) is 117 cm³/mol. The zero-order valence-corrected chi connectivity index (χ0v) is 18.3. The Morgan fingerprint density at radius 1 is 1.00 bits per heavy atom. The summed E-state index contributed by atoms with van der Waals surface area (Å²) in [7, 11) is 7.93. The number of nitrogens with one attached hydrogen (secondary N) is 1. The average Bonchev–Trinajstić information content (AvgIpc) is 2.56. The highest BCUT2D eigenvalue weighted by Gasteiger charge is 2.13. The van der Waals surface area contributed by atoms with Crippen LogP contribution in [-0.2, 0) is 4.79 Å². The molecule has 0 aromatic rings. The van der Waals surface area contributed by atoms with E-state index in [2.05, 4.69) is 62.5 Å². The van der Waals surface area contributed by atoms with E-state index in [9.17, 15) is 4.79 Å². The lowest BCUT2D eigenvalue weighted by Gasteiger charge is -2.22. The number of nitrogens with zero attached hydrogens (tertiary/aromatic N) is 1. The molecule has 1 N–H and O–H groups in total. The number of allylic oxidation sites excluding steroid dienone is 4. The lowest BCUT2D eigenvalue weighted by molar-refractivity contribution is -0.121. The maximum Gasteiger partial charge on any atom is 0.220 e. The van der Waals surface area contributed by atoms with Crippen LogP contribution in [0.3, 0.4) is 0 Å². The molecule has 146 valence electrons. The number of likely N-dealkylation sites (N-methyl/N-ethyl adjacent to an activating group) is 1. The van der Waals surface area contributed by atoms with E-state index in [4.69, 9.17) is 0 Å². The van der Waals surface area contributed by atoms with Crippen molar-refractivity contribution >= 4 is 27.5 Å². The number of hydrogen-bond donors (Lipinski definition) is 1. The van der Waals surface area contributed by atoms with Crippen LogP contribution in [0.2, 0.25) is 0 Å². The van der Waals surface area contributed by atoms with Gasteiger partial charge in [0.25, 0.3) is 0 Å². The Labute approximate surface area is 163 Å². The molecule has 3 nitrogen and oxygen atoms in total. The van der Waals surface area contributed by atoms with Gasteiger partial charge in [-0.1, -0.05) is 59.7 Å². The summed E-state index contributed by atoms with van der Waals surface area (Å²) in [6.07, 6.45) is 16.0. The number of amides is 1. The van der Waals surface area contributed by atoms with Gasteiger partial charge in [-0.3, -0.25) is 4.79 Å². The van der Waals surface area contributed by atoms with Gasteiger partial charge in [0.05, 0.1) is 6.04 Å². The molecule has 5 heteroatoms. The van der Waals surface area contributed by atoms with Gasteiger partial charge < -0.3 is 10.2 Å². The summed E-state index contributed by atoms with van der Waals surface area (Å²) in [4.78, 5) is 14.3. The lowest BCUT2D eigenvalue weighted by atomic mass is 10.2. The summed E-state index contributed by atoms with van der Waals surface area (Å²) in [5.74, 6) is 2.33. The number of hydrogen-bond acceptors (Lipinski definition) is 4. The van der Waals surface area contributed by atoms with E-state index < -0.39 is 0 Å². The zero-order valence-electron chi connectivity index (χ0n) is 16.6. The van der Waals surface area contributed by atoms with Crippen molar-refractivity contribution in [2.75, 3.05) is 32.1 Å². The first-order valence-electron chi connectivity index (χ1n) is 9.58. The van der Waals surface area contributed by atoms with Crippen molar-refractivity contribution in [3.63, 3.8) is 0 Å². The third-order valence-corrected chi connectivity index (χ3v) is 6.05. The number of rotatable bonds is 16. The molecular formula is C20H38N2OS2. The molecule has 0 rings (SSSR count). The highest BCUT2D eigenvalue weighted by molar-refractivity contribution is 8.76. The van der Waals surface area contributed by atoms with Gasteiger partial charge >= 0.3 is 0 Å². The van der Waals surface area contributed by atoms with Gasteiger partial charge in [-0.15, -0.1) is 0 Å². The molecule has 0 spiro atoms. The quantitative estimate of drug-likeness (QED) is 0.222. The molecule has 1 amide bonds. The van der Waals surface area contributed by atoms with Gasteiger partial charge in [-0.2, -0.15) is 0 Å². The van der Waals surface area contributed by atoms with Crippen molar-refractivity contribution in [2.24, 2.45) is 0 Å². The highest BCUT2D eigenvalue weighted by atomic mass is 33.1. The molecule has 0 radical (unpaired) electrons. The Balaban J connectivity index is 3.92. The first kappa shape index (κ1) is 24.6. The van der Waals surface area contributed by atoms with Crippen LogP contribution >= 0.6 is 21.6 Å². The number of unbranched alkanes of at least 4 members (excludes halogenated alkanes) is 2. The van der Waals surface area contributed by atoms with E-state index in [0.29, 0.717) is 6.42 Å². The second-order valence-electron chi connectivity index (χ2n) is 6.43. The van der Waals surface area contributed by atoms with Gasteiger partial charge in [-0.05, 0) is 52.6 Å². The fourth-order valence-corrected chi connectivity index (χ4v) is 4.62. The highest BCUT2D eigenvalue weighted by Crippen LogP contribution is 2.23. The molecule has 0 heterocycles. The topological polar surface area (TPSA) is 32.3 Å². The van der Waals surface area contributed by atoms with Crippen LogP contribution < -0.4 is 5.32 Å². The molecule has 0 saturated carbocycles. The third-order valence-electron chi connectivity index (χ3n) is 3.48. The molecule has 0 bridgehead atoms. The molecule has 25 heavy (non-hydrogen) atoms. The van der Waals surface area contributed by atoms with Crippen LogP contribution in [0.15, 0.2) is 24.3 Å². The minimum absolute atomic E-state index is 0.187. The Bertz CT molecular complexity index is 371. The molecule has 0 aromatic carbocycles. The molecule has 1 unspecified atom stereocenters. The fraction of sp³-hybridized carbons (Fsp3) is 0.750. The summed E-state index contributed by atoms with van der Waals surface area (Å²) < 4.78 is 0. The predicted octanol–water partition coefficient (Wildman–Crippen LogP) is 5.30. The van der Waals surface area contributed by atoms with Crippen molar-refractivity contribution < 1.29 is 4.79 Å². The van der Waals surface area contributed by atoms with E-state index in [0.717, 1.165) is 38.0 Å². The number of carbonyl (C=O) groups is 1. The molecule has 0 aliphatic carbocycles. The maximum atomic E-state index is 12.1. The van der Waals surface area contributed by atoms with Crippen LogP contribution in [0.4, 0.5) is 0 Å². The van der Waals surface area contributed by atoms with Gasteiger partial charge in [0, 0.05) is 24.5 Å². The maximum absolute atomic E-state index is 12.1. The Morgan fingerprint density at radius 2 is 1.64 bits per heavy atom. The largest absolute Gasteiger partial charge is 0.351 e. The monoisotopic (exact) mass is 386 g/mol. The Morgan fingerprint density at radius 3 is 2.24 bits per heavy atom. The minimum Gasteiger partial charge on any atom is -0.351 e. The van der Waals surface area contributed by atoms with Crippen molar-refractivity contribution in [3.05, 3.63) is 24.3 Å². The second-order valence-corrected chi connectivity index (χ2v) is 9.05. The first-order chi connectivity index (χ1) is 12.1. The van der Waals surface area contributed by atoms with E-state index in [1.165, 1.54) is 18.6 Å². The van der Waals surface area contributed by atoms with E-state index in [1.807, 2.05) is 21.6 Å². The smallest absolute Gasteiger partial charge is 0.220 e. The Hall–Kier alpha value is -0.390. The average molecular weight is 387 g/mol. The third kappa shape index (κ3) is 18.2. The van der Waals surface area contributed by atoms with Crippen molar-refractivity contribution in [2.45, 2.75) is 64.8 Å². The molecule has 0 aliphatic rings. The minimum atomic E-state index is 0.187. The second kappa shape index (κ2) is 18.4. The van der Waals surface area contributed by atoms with Crippen LogP contribution in [0.1, 0.15) is 58.8 Å². The standard InChI is InChI=1S/C20H38N2OS2/c1-5-7-9-11-13-15-20(23)21-19(17-22(3)4)18-25-24-16-14-12-10-8-6-2/h7-10,19H,5-6,11-18H2,1-4H3,(H,21,23)/b9-7-,10-8-. The summed E-state index contributed by atoms with van der Waals surface area (Å²) in [5.41, 5.74) is 0. The van der Waals surface area contributed by atoms with Gasteiger partial charge in [0.1, 0.15) is 0 Å².